The number of sulfonamides is 1. The largest absolute Gasteiger partial charge is 0.492 e. The molecule has 1 aliphatic rings. The molecule has 0 unspecified atom stereocenters. The molecule has 194 valence electrons. The van der Waals surface area contributed by atoms with Crippen LogP contribution in [-0.2, 0) is 14.8 Å². The quantitative estimate of drug-likeness (QED) is 0.315. The van der Waals surface area contributed by atoms with E-state index in [-0.39, 0.29) is 11.0 Å². The van der Waals surface area contributed by atoms with Crippen LogP contribution in [0.15, 0.2) is 52.7 Å². The first-order valence-corrected chi connectivity index (χ1v) is 14.3. The third-order valence-corrected chi connectivity index (χ3v) is 7.23. The van der Waals surface area contributed by atoms with Gasteiger partial charge in [0.05, 0.1) is 22.4 Å². The molecule has 0 saturated carbocycles. The topological polar surface area (TPSA) is 125 Å². The van der Waals surface area contributed by atoms with Gasteiger partial charge < -0.3 is 24.8 Å². The fraction of sp³-hybridized carbons (Fsp3) is 0.400. The number of anilines is 2. The van der Waals surface area contributed by atoms with Gasteiger partial charge >= 0.3 is 0 Å². The van der Waals surface area contributed by atoms with E-state index in [1.807, 2.05) is 43.5 Å². The Labute approximate surface area is 216 Å². The van der Waals surface area contributed by atoms with Crippen LogP contribution >= 0.6 is 11.3 Å². The second-order valence-electron chi connectivity index (χ2n) is 8.75. The van der Waals surface area contributed by atoms with Gasteiger partial charge in [0, 0.05) is 36.7 Å². The fourth-order valence-corrected chi connectivity index (χ4v) is 5.05. The maximum Gasteiger partial charge on any atom is 0.238 e. The maximum absolute atomic E-state index is 11.8. The van der Waals surface area contributed by atoms with E-state index in [4.69, 9.17) is 19.3 Å². The van der Waals surface area contributed by atoms with Crippen LogP contribution in [0, 0.1) is 0 Å². The lowest BCUT2D eigenvalue weighted by molar-refractivity contribution is 0.0770. The average molecular weight is 533 g/mol. The molecule has 9 nitrogen and oxygen atoms in total. The van der Waals surface area contributed by atoms with Gasteiger partial charge in [-0.3, -0.25) is 0 Å². The third-order valence-electron chi connectivity index (χ3n) is 5.56. The SMILES string of the molecule is CC(C)Oc1ccc(S(N)(=O)=O)cc1Nc1nc(-c2ccc(OCCNC3CCOCC3)cc2)cs1. The molecule has 0 radical (unpaired) electrons. The number of nitrogens with two attached hydrogens (primary N) is 1. The Morgan fingerprint density at radius 1 is 1.17 bits per heavy atom. The summed E-state index contributed by atoms with van der Waals surface area (Å²) in [4.78, 5) is 4.65. The highest BCUT2D eigenvalue weighted by Crippen LogP contribution is 2.34. The minimum Gasteiger partial charge on any atom is -0.492 e. The second kappa shape index (κ2) is 12.0. The average Bonchev–Trinajstić information content (AvgIpc) is 3.31. The molecule has 2 heterocycles. The lowest BCUT2D eigenvalue weighted by Crippen LogP contribution is -2.37. The zero-order valence-electron chi connectivity index (χ0n) is 20.4. The molecule has 11 heteroatoms. The number of hydrogen-bond donors (Lipinski definition) is 3. The first kappa shape index (κ1) is 26.4. The predicted molar refractivity (Wildman–Crippen MR) is 142 cm³/mol. The summed E-state index contributed by atoms with van der Waals surface area (Å²) < 4.78 is 40.7. The molecule has 1 fully saturated rings. The number of rotatable bonds is 11. The van der Waals surface area contributed by atoms with Crippen molar-refractivity contribution in [1.82, 2.24) is 10.3 Å². The summed E-state index contributed by atoms with van der Waals surface area (Å²) in [6, 6.07) is 12.8. The Morgan fingerprint density at radius 3 is 2.61 bits per heavy atom. The monoisotopic (exact) mass is 532 g/mol. The molecular formula is C25H32N4O5S2. The third kappa shape index (κ3) is 7.40. The number of ether oxygens (including phenoxy) is 3. The van der Waals surface area contributed by atoms with Gasteiger partial charge in [0.1, 0.15) is 18.1 Å². The molecule has 1 aromatic heterocycles. The molecule has 4 N–H and O–H groups in total. The van der Waals surface area contributed by atoms with Gasteiger partial charge in [0.2, 0.25) is 10.0 Å². The normalized spacial score (nSPS) is 14.7. The molecule has 0 amide bonds. The van der Waals surface area contributed by atoms with Gasteiger partial charge in [-0.25, -0.2) is 18.5 Å². The van der Waals surface area contributed by atoms with Crippen molar-refractivity contribution in [2.45, 2.75) is 43.7 Å². The highest BCUT2D eigenvalue weighted by molar-refractivity contribution is 7.89. The molecule has 0 bridgehead atoms. The van der Waals surface area contributed by atoms with Crippen LogP contribution in [0.4, 0.5) is 10.8 Å². The summed E-state index contributed by atoms with van der Waals surface area (Å²) in [5.41, 5.74) is 2.22. The Hall–Kier alpha value is -2.70. The van der Waals surface area contributed by atoms with Crippen molar-refractivity contribution in [3.05, 3.63) is 47.8 Å². The van der Waals surface area contributed by atoms with E-state index in [0.29, 0.717) is 29.2 Å². The zero-order chi connectivity index (χ0) is 25.5. The first-order chi connectivity index (χ1) is 17.3. The minimum atomic E-state index is -3.85. The van der Waals surface area contributed by atoms with E-state index in [9.17, 15) is 8.42 Å². The molecule has 1 saturated heterocycles. The van der Waals surface area contributed by atoms with Crippen molar-refractivity contribution in [3.63, 3.8) is 0 Å². The summed E-state index contributed by atoms with van der Waals surface area (Å²) >= 11 is 1.41. The summed E-state index contributed by atoms with van der Waals surface area (Å²) in [5, 5.41) is 14.5. The molecule has 2 aromatic carbocycles. The summed E-state index contributed by atoms with van der Waals surface area (Å²) in [5.74, 6) is 1.32. The Kier molecular flexibility index (Phi) is 8.81. The van der Waals surface area contributed by atoms with Crippen LogP contribution in [-0.4, -0.2) is 51.9 Å². The van der Waals surface area contributed by atoms with Crippen LogP contribution in [0.5, 0.6) is 11.5 Å². The first-order valence-electron chi connectivity index (χ1n) is 11.9. The van der Waals surface area contributed by atoms with Gasteiger partial charge in [0.25, 0.3) is 0 Å². The maximum atomic E-state index is 11.8. The highest BCUT2D eigenvalue weighted by Gasteiger charge is 2.15. The van der Waals surface area contributed by atoms with Gasteiger partial charge in [-0.2, -0.15) is 0 Å². The molecule has 3 aromatic rings. The van der Waals surface area contributed by atoms with E-state index >= 15 is 0 Å². The molecule has 36 heavy (non-hydrogen) atoms. The second-order valence-corrected chi connectivity index (χ2v) is 11.2. The van der Waals surface area contributed by atoms with Gasteiger partial charge in [-0.15, -0.1) is 11.3 Å². The number of nitrogens with zero attached hydrogens (tertiary/aromatic N) is 1. The fourth-order valence-electron chi connectivity index (χ4n) is 3.77. The Bertz CT molecular complexity index is 1240. The molecule has 0 aliphatic carbocycles. The molecule has 0 spiro atoms. The highest BCUT2D eigenvalue weighted by atomic mass is 32.2. The Morgan fingerprint density at radius 2 is 1.92 bits per heavy atom. The summed E-state index contributed by atoms with van der Waals surface area (Å²) in [6.07, 6.45) is 2.00. The van der Waals surface area contributed by atoms with Crippen LogP contribution in [0.1, 0.15) is 26.7 Å². The molecule has 1 aliphatic heterocycles. The van der Waals surface area contributed by atoms with Crippen LogP contribution in [0.3, 0.4) is 0 Å². The lowest BCUT2D eigenvalue weighted by Gasteiger charge is -2.23. The van der Waals surface area contributed by atoms with Gasteiger partial charge in [-0.05, 0) is 69.2 Å². The number of nitrogens with one attached hydrogen (secondary N) is 2. The van der Waals surface area contributed by atoms with Crippen molar-refractivity contribution in [1.29, 1.82) is 0 Å². The van der Waals surface area contributed by atoms with E-state index in [2.05, 4.69) is 15.6 Å². The van der Waals surface area contributed by atoms with Gasteiger partial charge in [-0.1, -0.05) is 0 Å². The summed E-state index contributed by atoms with van der Waals surface area (Å²) in [6.45, 7) is 6.83. The minimum absolute atomic E-state index is 0.00330. The lowest BCUT2D eigenvalue weighted by atomic mass is 10.1. The standard InChI is InChI=1S/C25H32N4O5S2/c1-17(2)34-24-8-7-21(36(26,30)31)15-22(24)28-25-29-23(16-35-25)18-3-5-20(6-4-18)33-14-11-27-19-9-12-32-13-10-19/h3-8,15-17,19,27H,9-14H2,1-2H3,(H,28,29)(H2,26,30,31). The van der Waals surface area contributed by atoms with Crippen molar-refractivity contribution in [2.24, 2.45) is 5.14 Å². The van der Waals surface area contributed by atoms with Crippen molar-refractivity contribution in [3.8, 4) is 22.8 Å². The number of benzene rings is 2. The van der Waals surface area contributed by atoms with Crippen LogP contribution in [0.25, 0.3) is 11.3 Å². The van der Waals surface area contributed by atoms with Gasteiger partial charge in [0.15, 0.2) is 5.13 Å². The van der Waals surface area contributed by atoms with Crippen molar-refractivity contribution < 1.29 is 22.6 Å². The van der Waals surface area contributed by atoms with Crippen molar-refractivity contribution >= 4 is 32.2 Å². The zero-order valence-corrected chi connectivity index (χ0v) is 22.0. The van der Waals surface area contributed by atoms with E-state index in [0.717, 1.165) is 49.6 Å². The van der Waals surface area contributed by atoms with Crippen molar-refractivity contribution in [2.75, 3.05) is 31.7 Å². The predicted octanol–water partition coefficient (Wildman–Crippen LogP) is 4.14. The number of thiazole rings is 1. The number of hydrogen-bond acceptors (Lipinski definition) is 9. The Balaban J connectivity index is 1.37. The molecule has 0 atom stereocenters. The van der Waals surface area contributed by atoms with Crippen LogP contribution in [0.2, 0.25) is 0 Å². The van der Waals surface area contributed by atoms with E-state index < -0.39 is 10.0 Å². The van der Waals surface area contributed by atoms with E-state index in [1.165, 1.54) is 23.5 Å². The van der Waals surface area contributed by atoms with Crippen LogP contribution < -0.4 is 25.2 Å². The number of primary sulfonamides is 1. The summed E-state index contributed by atoms with van der Waals surface area (Å²) in [7, 11) is -3.85. The molecular weight excluding hydrogens is 500 g/mol. The molecule has 4 rings (SSSR count). The smallest absolute Gasteiger partial charge is 0.238 e. The number of aromatic nitrogens is 1. The van der Waals surface area contributed by atoms with E-state index in [1.54, 1.807) is 6.07 Å².